The largest absolute Gasteiger partial charge is 0.383 e. The summed E-state index contributed by atoms with van der Waals surface area (Å²) in [4.78, 5) is 11.5. The van der Waals surface area contributed by atoms with Gasteiger partial charge in [0.2, 0.25) is 5.91 Å². The number of amides is 1. The van der Waals surface area contributed by atoms with Crippen LogP contribution in [0.1, 0.15) is 13.8 Å². The lowest BCUT2D eigenvalue weighted by Crippen LogP contribution is -2.46. The molecule has 0 fully saturated rings. The highest BCUT2D eigenvalue weighted by Crippen LogP contribution is 2.12. The van der Waals surface area contributed by atoms with E-state index in [2.05, 4.69) is 16.0 Å². The number of carbonyl (C=O) groups is 1. The van der Waals surface area contributed by atoms with Gasteiger partial charge in [-0.15, -0.1) is 0 Å². The maximum atomic E-state index is 11.5. The monoisotopic (exact) mass is 247 g/mol. The minimum atomic E-state index is -0.484. The first-order chi connectivity index (χ1) is 7.44. The number of hydrogen-bond acceptors (Lipinski definition) is 3. The Morgan fingerprint density at radius 2 is 2.00 bits per heavy atom. The van der Waals surface area contributed by atoms with Crippen LogP contribution in [-0.2, 0) is 9.53 Å². The van der Waals surface area contributed by atoms with Crippen molar-refractivity contribution >= 4 is 23.2 Å². The second-order valence-electron chi connectivity index (χ2n) is 4.07. The second kappa shape index (κ2) is 7.40. The minimum absolute atomic E-state index is 0.0142. The summed E-state index contributed by atoms with van der Waals surface area (Å²) in [7, 11) is 3.26. The molecule has 0 aliphatic rings. The maximum absolute atomic E-state index is 11.5. The summed E-state index contributed by atoms with van der Waals surface area (Å²) in [6.07, 6.45) is 0. The van der Waals surface area contributed by atoms with Crippen LogP contribution >= 0.6 is 12.2 Å². The molecule has 0 aromatic heterocycles. The highest BCUT2D eigenvalue weighted by atomic mass is 32.1. The van der Waals surface area contributed by atoms with Crippen molar-refractivity contribution in [3.63, 3.8) is 0 Å². The standard InChI is InChI=1S/C10H21N3O2S/c1-10(2,8(14)11-3)7-13-9(16)12-5-6-15-4/h5-7H2,1-4H3,(H,11,14)(H2,12,13,16). The van der Waals surface area contributed by atoms with Crippen molar-refractivity contribution in [1.82, 2.24) is 16.0 Å². The number of rotatable bonds is 6. The van der Waals surface area contributed by atoms with Gasteiger partial charge in [0.15, 0.2) is 5.11 Å². The molecule has 5 nitrogen and oxygen atoms in total. The van der Waals surface area contributed by atoms with Crippen molar-refractivity contribution in [3.8, 4) is 0 Å². The van der Waals surface area contributed by atoms with Gasteiger partial charge in [0.1, 0.15) is 0 Å². The van der Waals surface area contributed by atoms with E-state index in [-0.39, 0.29) is 5.91 Å². The fourth-order valence-corrected chi connectivity index (χ4v) is 1.22. The average molecular weight is 247 g/mol. The Hall–Kier alpha value is -0.880. The Bertz CT molecular complexity index is 244. The van der Waals surface area contributed by atoms with Crippen LogP contribution in [0.25, 0.3) is 0 Å². The first-order valence-corrected chi connectivity index (χ1v) is 5.57. The zero-order valence-corrected chi connectivity index (χ0v) is 11.2. The number of carbonyl (C=O) groups excluding carboxylic acids is 1. The Labute approximate surface area is 102 Å². The van der Waals surface area contributed by atoms with Crippen LogP contribution in [0.15, 0.2) is 0 Å². The van der Waals surface area contributed by atoms with Gasteiger partial charge in [0, 0.05) is 27.2 Å². The predicted octanol–water partition coefficient (Wildman–Crippen LogP) is -0.131. The fraction of sp³-hybridized carbons (Fsp3) is 0.800. The van der Waals surface area contributed by atoms with Crippen molar-refractivity contribution in [2.24, 2.45) is 5.41 Å². The Balaban J connectivity index is 3.86. The summed E-state index contributed by atoms with van der Waals surface area (Å²) in [6.45, 7) is 5.46. The van der Waals surface area contributed by atoms with E-state index in [0.29, 0.717) is 24.8 Å². The van der Waals surface area contributed by atoms with Crippen LogP contribution in [0.3, 0.4) is 0 Å². The molecular formula is C10H21N3O2S. The Morgan fingerprint density at radius 1 is 1.38 bits per heavy atom. The van der Waals surface area contributed by atoms with Crippen LogP contribution in [0.4, 0.5) is 0 Å². The Morgan fingerprint density at radius 3 is 2.50 bits per heavy atom. The summed E-state index contributed by atoms with van der Waals surface area (Å²) in [5.41, 5.74) is -0.484. The van der Waals surface area contributed by atoms with Crippen molar-refractivity contribution in [1.29, 1.82) is 0 Å². The van der Waals surface area contributed by atoms with E-state index < -0.39 is 5.41 Å². The van der Waals surface area contributed by atoms with E-state index in [4.69, 9.17) is 17.0 Å². The zero-order chi connectivity index (χ0) is 12.6. The van der Waals surface area contributed by atoms with Crippen molar-refractivity contribution in [3.05, 3.63) is 0 Å². The van der Waals surface area contributed by atoms with E-state index in [1.165, 1.54) is 0 Å². The van der Waals surface area contributed by atoms with Gasteiger partial charge in [-0.05, 0) is 26.1 Å². The molecule has 0 heterocycles. The van der Waals surface area contributed by atoms with Crippen LogP contribution in [0, 0.1) is 5.41 Å². The number of thiocarbonyl (C=S) groups is 1. The molecule has 0 atom stereocenters. The van der Waals surface area contributed by atoms with Crippen LogP contribution in [0.2, 0.25) is 0 Å². The molecule has 6 heteroatoms. The zero-order valence-electron chi connectivity index (χ0n) is 10.3. The highest BCUT2D eigenvalue weighted by molar-refractivity contribution is 7.80. The third-order valence-corrected chi connectivity index (χ3v) is 2.41. The molecule has 0 aliphatic carbocycles. The van der Waals surface area contributed by atoms with Crippen LogP contribution in [0.5, 0.6) is 0 Å². The smallest absolute Gasteiger partial charge is 0.227 e. The summed E-state index contributed by atoms with van der Waals surface area (Å²) in [5, 5.41) is 9.13. The van der Waals surface area contributed by atoms with Crippen LogP contribution in [-0.4, -0.2) is 44.9 Å². The number of methoxy groups -OCH3 is 1. The van der Waals surface area contributed by atoms with Gasteiger partial charge in [-0.25, -0.2) is 0 Å². The van der Waals surface area contributed by atoms with Gasteiger partial charge in [-0.1, -0.05) is 0 Å². The van der Waals surface area contributed by atoms with Gasteiger partial charge < -0.3 is 20.7 Å². The molecule has 0 bridgehead atoms. The third kappa shape index (κ3) is 5.87. The molecule has 94 valence electrons. The van der Waals surface area contributed by atoms with Gasteiger partial charge >= 0.3 is 0 Å². The number of hydrogen-bond donors (Lipinski definition) is 3. The molecule has 16 heavy (non-hydrogen) atoms. The molecule has 0 rings (SSSR count). The van der Waals surface area contributed by atoms with E-state index >= 15 is 0 Å². The molecule has 0 aromatic rings. The highest BCUT2D eigenvalue weighted by Gasteiger charge is 2.26. The maximum Gasteiger partial charge on any atom is 0.227 e. The van der Waals surface area contributed by atoms with Gasteiger partial charge in [-0.3, -0.25) is 4.79 Å². The molecule has 0 saturated heterocycles. The quantitative estimate of drug-likeness (QED) is 0.451. The first kappa shape index (κ1) is 15.1. The van der Waals surface area contributed by atoms with Gasteiger partial charge in [0.25, 0.3) is 0 Å². The normalized spacial score (nSPS) is 10.8. The topological polar surface area (TPSA) is 62.4 Å². The van der Waals surface area contributed by atoms with Crippen molar-refractivity contribution < 1.29 is 9.53 Å². The summed E-state index contributed by atoms with van der Waals surface area (Å²) >= 11 is 5.05. The lowest BCUT2D eigenvalue weighted by molar-refractivity contribution is -0.128. The molecule has 0 aliphatic heterocycles. The van der Waals surface area contributed by atoms with Gasteiger partial charge in [0.05, 0.1) is 12.0 Å². The minimum Gasteiger partial charge on any atom is -0.383 e. The molecule has 0 radical (unpaired) electrons. The lowest BCUT2D eigenvalue weighted by Gasteiger charge is -2.23. The molecule has 0 aromatic carbocycles. The fourth-order valence-electron chi connectivity index (χ4n) is 1.05. The van der Waals surface area contributed by atoms with Crippen molar-refractivity contribution in [2.45, 2.75) is 13.8 Å². The molecule has 0 spiro atoms. The van der Waals surface area contributed by atoms with E-state index in [1.807, 2.05) is 13.8 Å². The number of nitrogens with one attached hydrogen (secondary N) is 3. The van der Waals surface area contributed by atoms with E-state index in [9.17, 15) is 4.79 Å². The SMILES string of the molecule is CNC(=O)C(C)(C)CNC(=S)NCCOC. The van der Waals surface area contributed by atoms with Crippen LogP contribution < -0.4 is 16.0 Å². The average Bonchev–Trinajstić information content (AvgIpc) is 2.25. The summed E-state index contributed by atoms with van der Waals surface area (Å²) < 4.78 is 4.88. The first-order valence-electron chi connectivity index (χ1n) is 5.17. The van der Waals surface area contributed by atoms with Gasteiger partial charge in [-0.2, -0.15) is 0 Å². The molecular weight excluding hydrogens is 226 g/mol. The number of ether oxygens (including phenoxy) is 1. The van der Waals surface area contributed by atoms with Crippen molar-refractivity contribution in [2.75, 3.05) is 33.9 Å². The molecule has 1 amide bonds. The van der Waals surface area contributed by atoms with E-state index in [1.54, 1.807) is 14.2 Å². The molecule has 0 unspecified atom stereocenters. The second-order valence-corrected chi connectivity index (χ2v) is 4.47. The lowest BCUT2D eigenvalue weighted by atomic mass is 9.92. The Kier molecular flexibility index (Phi) is 7.00. The molecule has 3 N–H and O–H groups in total. The third-order valence-electron chi connectivity index (χ3n) is 2.12. The predicted molar refractivity (Wildman–Crippen MR) is 68.3 cm³/mol. The summed E-state index contributed by atoms with van der Waals surface area (Å²) in [6, 6.07) is 0. The van der Waals surface area contributed by atoms with E-state index in [0.717, 1.165) is 0 Å². The summed E-state index contributed by atoms with van der Waals surface area (Å²) in [5.74, 6) is -0.0142. The molecule has 0 saturated carbocycles.